The minimum absolute atomic E-state index is 0.0854. The Morgan fingerprint density at radius 3 is 2.82 bits per heavy atom. The van der Waals surface area contributed by atoms with Gasteiger partial charge in [-0.1, -0.05) is 30.0 Å². The highest BCUT2D eigenvalue weighted by molar-refractivity contribution is 7.99. The summed E-state index contributed by atoms with van der Waals surface area (Å²) in [5.74, 6) is 2.46. The summed E-state index contributed by atoms with van der Waals surface area (Å²) in [5, 5.41) is 12.1. The van der Waals surface area contributed by atoms with Gasteiger partial charge in [-0.2, -0.15) is 0 Å². The molecule has 0 spiro atoms. The third-order valence-corrected chi connectivity index (χ3v) is 5.16. The summed E-state index contributed by atoms with van der Waals surface area (Å²) >= 11 is 1.36. The third-order valence-electron chi connectivity index (χ3n) is 4.19. The van der Waals surface area contributed by atoms with E-state index >= 15 is 0 Å². The topological polar surface area (TPSA) is 82.2 Å². The summed E-state index contributed by atoms with van der Waals surface area (Å²) in [4.78, 5) is 12.1. The number of ether oxygens (including phenoxy) is 1. The second-order valence-corrected chi connectivity index (χ2v) is 7.20. The minimum Gasteiger partial charge on any atom is -0.482 e. The summed E-state index contributed by atoms with van der Waals surface area (Å²) in [7, 11) is 0. The fraction of sp³-hybridized carbons (Fsp3) is 0.350. The summed E-state index contributed by atoms with van der Waals surface area (Å²) < 4.78 is 13.3. The molecule has 0 aliphatic heterocycles. The number of nitrogens with one attached hydrogen (secondary N) is 1. The molecule has 0 bridgehead atoms. The Labute approximate surface area is 168 Å². The van der Waals surface area contributed by atoms with Crippen LogP contribution in [0.25, 0.3) is 0 Å². The van der Waals surface area contributed by atoms with Crippen LogP contribution in [0.4, 0.5) is 0 Å². The number of nitrogens with zero attached hydrogens (tertiary/aromatic N) is 3. The first-order chi connectivity index (χ1) is 13.6. The number of hydrogen-bond acceptors (Lipinski definition) is 6. The predicted octanol–water partition coefficient (Wildman–Crippen LogP) is 3.75. The molecule has 1 amide bonds. The van der Waals surface area contributed by atoms with E-state index in [0.29, 0.717) is 18.2 Å². The van der Waals surface area contributed by atoms with Gasteiger partial charge in [0.1, 0.15) is 11.5 Å². The molecule has 3 aromatic rings. The normalized spacial score (nSPS) is 12.0. The van der Waals surface area contributed by atoms with Crippen LogP contribution in [0, 0.1) is 6.92 Å². The molecule has 1 N–H and O–H groups in total. The Balaban J connectivity index is 1.59. The molecule has 0 aliphatic rings. The standard InChI is InChI=1S/C20H24N4O3S/c1-4-24-19(15(3)27-17-10-6-5-8-14(17)2)22-23-20(24)28-13-18(25)21-12-16-9-7-11-26-16/h5-11,15H,4,12-13H2,1-3H3,(H,21,25). The summed E-state index contributed by atoms with van der Waals surface area (Å²) in [6.45, 7) is 7.05. The molecule has 0 radical (unpaired) electrons. The average Bonchev–Trinajstić information content (AvgIpc) is 3.35. The van der Waals surface area contributed by atoms with Crippen molar-refractivity contribution < 1.29 is 13.9 Å². The summed E-state index contributed by atoms with van der Waals surface area (Å²) in [6, 6.07) is 11.5. The van der Waals surface area contributed by atoms with Crippen LogP contribution >= 0.6 is 11.8 Å². The maximum Gasteiger partial charge on any atom is 0.230 e. The van der Waals surface area contributed by atoms with Gasteiger partial charge in [0.05, 0.1) is 18.6 Å². The van der Waals surface area contributed by atoms with Gasteiger partial charge in [-0.25, -0.2) is 0 Å². The monoisotopic (exact) mass is 400 g/mol. The molecule has 0 aliphatic carbocycles. The Morgan fingerprint density at radius 1 is 1.29 bits per heavy atom. The lowest BCUT2D eigenvalue weighted by Gasteiger charge is -2.16. The van der Waals surface area contributed by atoms with Crippen molar-refractivity contribution in [1.82, 2.24) is 20.1 Å². The SMILES string of the molecule is CCn1c(SCC(=O)NCc2ccco2)nnc1C(C)Oc1ccccc1C. The zero-order valence-electron chi connectivity index (χ0n) is 16.2. The first-order valence-corrected chi connectivity index (χ1v) is 10.1. The second kappa shape index (κ2) is 9.45. The zero-order chi connectivity index (χ0) is 19.9. The Morgan fingerprint density at radius 2 is 2.11 bits per heavy atom. The van der Waals surface area contributed by atoms with Crippen molar-refractivity contribution in [2.24, 2.45) is 0 Å². The van der Waals surface area contributed by atoms with Crippen LogP contribution in [-0.4, -0.2) is 26.4 Å². The number of para-hydroxylation sites is 1. The largest absolute Gasteiger partial charge is 0.482 e. The number of thioether (sulfide) groups is 1. The van der Waals surface area contributed by atoms with Crippen LogP contribution in [0.2, 0.25) is 0 Å². The van der Waals surface area contributed by atoms with Crippen LogP contribution in [0.1, 0.15) is 37.1 Å². The predicted molar refractivity (Wildman–Crippen MR) is 107 cm³/mol. The highest BCUT2D eigenvalue weighted by Gasteiger charge is 2.20. The van der Waals surface area contributed by atoms with Gasteiger partial charge in [0.15, 0.2) is 17.1 Å². The quantitative estimate of drug-likeness (QED) is 0.551. The zero-order valence-corrected chi connectivity index (χ0v) is 17.0. The minimum atomic E-state index is -0.254. The van der Waals surface area contributed by atoms with Crippen molar-refractivity contribution in [2.45, 2.75) is 45.1 Å². The fourth-order valence-electron chi connectivity index (χ4n) is 2.72. The van der Waals surface area contributed by atoms with Gasteiger partial charge in [-0.15, -0.1) is 10.2 Å². The van der Waals surface area contributed by atoms with Gasteiger partial charge >= 0.3 is 0 Å². The van der Waals surface area contributed by atoms with Crippen LogP contribution < -0.4 is 10.1 Å². The number of amides is 1. The number of carbonyl (C=O) groups is 1. The molecule has 2 aromatic heterocycles. The van der Waals surface area contributed by atoms with Crippen molar-refractivity contribution in [3.8, 4) is 5.75 Å². The van der Waals surface area contributed by atoms with Gasteiger partial charge in [-0.05, 0) is 44.5 Å². The number of furan rings is 1. The number of benzene rings is 1. The Hall–Kier alpha value is -2.74. The van der Waals surface area contributed by atoms with E-state index in [1.165, 1.54) is 11.8 Å². The number of rotatable bonds is 9. The lowest BCUT2D eigenvalue weighted by Crippen LogP contribution is -2.24. The molecule has 28 heavy (non-hydrogen) atoms. The molecule has 1 unspecified atom stereocenters. The van der Waals surface area contributed by atoms with Crippen molar-refractivity contribution in [3.05, 3.63) is 59.8 Å². The highest BCUT2D eigenvalue weighted by atomic mass is 32.2. The molecule has 1 atom stereocenters. The number of aryl methyl sites for hydroxylation is 1. The van der Waals surface area contributed by atoms with Gasteiger partial charge in [0.25, 0.3) is 0 Å². The van der Waals surface area contributed by atoms with Gasteiger partial charge in [0, 0.05) is 6.54 Å². The first kappa shape index (κ1) is 20.0. The summed E-state index contributed by atoms with van der Waals surface area (Å²) in [6.07, 6.45) is 1.33. The smallest absolute Gasteiger partial charge is 0.230 e. The van der Waals surface area contributed by atoms with E-state index in [0.717, 1.165) is 22.9 Å². The second-order valence-electron chi connectivity index (χ2n) is 6.26. The van der Waals surface area contributed by atoms with Crippen LogP contribution in [-0.2, 0) is 17.9 Å². The maximum absolute atomic E-state index is 12.1. The molecule has 7 nitrogen and oxygen atoms in total. The third kappa shape index (κ3) is 4.95. The van der Waals surface area contributed by atoms with E-state index in [4.69, 9.17) is 9.15 Å². The molecule has 1 aromatic carbocycles. The fourth-order valence-corrected chi connectivity index (χ4v) is 3.56. The number of hydrogen-bond donors (Lipinski definition) is 1. The maximum atomic E-state index is 12.1. The summed E-state index contributed by atoms with van der Waals surface area (Å²) in [5.41, 5.74) is 1.07. The van der Waals surface area contributed by atoms with Crippen molar-refractivity contribution in [3.63, 3.8) is 0 Å². The van der Waals surface area contributed by atoms with E-state index in [-0.39, 0.29) is 17.8 Å². The molecule has 0 fully saturated rings. The first-order valence-electron chi connectivity index (χ1n) is 9.15. The van der Waals surface area contributed by atoms with E-state index in [1.807, 2.05) is 55.7 Å². The van der Waals surface area contributed by atoms with Crippen LogP contribution in [0.5, 0.6) is 5.75 Å². The van der Waals surface area contributed by atoms with Crippen molar-refractivity contribution in [1.29, 1.82) is 0 Å². The van der Waals surface area contributed by atoms with Gasteiger partial charge < -0.3 is 19.0 Å². The van der Waals surface area contributed by atoms with Crippen LogP contribution in [0.15, 0.2) is 52.2 Å². The molecule has 0 saturated carbocycles. The highest BCUT2D eigenvalue weighted by Crippen LogP contribution is 2.26. The van der Waals surface area contributed by atoms with Crippen molar-refractivity contribution >= 4 is 17.7 Å². The lowest BCUT2D eigenvalue weighted by molar-refractivity contribution is -0.118. The van der Waals surface area contributed by atoms with E-state index in [2.05, 4.69) is 15.5 Å². The molecule has 3 rings (SSSR count). The molecule has 2 heterocycles. The molecule has 8 heteroatoms. The average molecular weight is 401 g/mol. The molecular formula is C20H24N4O3S. The van der Waals surface area contributed by atoms with E-state index in [1.54, 1.807) is 12.3 Å². The molecule has 148 valence electrons. The van der Waals surface area contributed by atoms with E-state index in [9.17, 15) is 4.79 Å². The lowest BCUT2D eigenvalue weighted by atomic mass is 10.2. The number of aromatic nitrogens is 3. The number of carbonyl (C=O) groups excluding carboxylic acids is 1. The van der Waals surface area contributed by atoms with Crippen LogP contribution in [0.3, 0.4) is 0 Å². The Kier molecular flexibility index (Phi) is 6.76. The van der Waals surface area contributed by atoms with Crippen molar-refractivity contribution in [2.75, 3.05) is 5.75 Å². The van der Waals surface area contributed by atoms with Gasteiger partial charge in [0.2, 0.25) is 5.91 Å². The van der Waals surface area contributed by atoms with Gasteiger partial charge in [-0.3, -0.25) is 4.79 Å². The molecule has 0 saturated heterocycles. The Bertz CT molecular complexity index is 908. The molecular weight excluding hydrogens is 376 g/mol. The van der Waals surface area contributed by atoms with E-state index < -0.39 is 0 Å².